The lowest BCUT2D eigenvalue weighted by molar-refractivity contribution is 0.373. The topological polar surface area (TPSA) is 54.2 Å². The molecule has 4 heteroatoms. The predicted molar refractivity (Wildman–Crippen MR) is 70.3 cm³/mol. The van der Waals surface area contributed by atoms with Gasteiger partial charge in [0.2, 0.25) is 0 Å². The highest BCUT2D eigenvalue weighted by atomic mass is 15.2. The van der Waals surface area contributed by atoms with Gasteiger partial charge in [-0.05, 0) is 37.8 Å². The molecule has 0 unspecified atom stereocenters. The van der Waals surface area contributed by atoms with Crippen LogP contribution in [0.25, 0.3) is 0 Å². The lowest BCUT2D eigenvalue weighted by Gasteiger charge is -2.33. The second-order valence-electron chi connectivity index (χ2n) is 5.17. The number of hydrogen-bond acceptors (Lipinski definition) is 4. The van der Waals surface area contributed by atoms with Gasteiger partial charge in [0.15, 0.2) is 0 Å². The number of rotatable bonds is 3. The van der Waals surface area contributed by atoms with E-state index in [1.54, 1.807) is 0 Å². The molecule has 3 rings (SSSR count). The molecular weight excluding hydrogens is 212 g/mol. The van der Waals surface area contributed by atoms with E-state index in [1.807, 2.05) is 6.20 Å². The van der Waals surface area contributed by atoms with Gasteiger partial charge in [-0.2, -0.15) is 0 Å². The molecule has 0 bridgehead atoms. The van der Waals surface area contributed by atoms with Gasteiger partial charge < -0.3 is 16.0 Å². The fraction of sp³-hybridized carbons (Fsp3) is 0.615. The minimum atomic E-state index is 0.393. The van der Waals surface area contributed by atoms with Gasteiger partial charge in [-0.15, -0.1) is 0 Å². The molecule has 1 saturated carbocycles. The van der Waals surface area contributed by atoms with Crippen LogP contribution in [0.15, 0.2) is 18.3 Å². The smallest absolute Gasteiger partial charge is 0.128 e. The van der Waals surface area contributed by atoms with Crippen LogP contribution in [0.2, 0.25) is 0 Å². The second-order valence-corrected chi connectivity index (χ2v) is 5.17. The number of nitrogens with zero attached hydrogens (tertiary/aromatic N) is 2. The van der Waals surface area contributed by atoms with Gasteiger partial charge >= 0.3 is 0 Å². The van der Waals surface area contributed by atoms with Gasteiger partial charge in [-0.1, -0.05) is 0 Å². The Hall–Kier alpha value is -1.29. The Kier molecular flexibility index (Phi) is 2.89. The van der Waals surface area contributed by atoms with Crippen LogP contribution in [0, 0.1) is 0 Å². The van der Waals surface area contributed by atoms with Crippen LogP contribution >= 0.6 is 0 Å². The fourth-order valence-corrected chi connectivity index (χ4v) is 2.62. The molecule has 3 N–H and O–H groups in total. The zero-order chi connectivity index (χ0) is 11.7. The number of aromatic nitrogens is 1. The molecule has 1 saturated heterocycles. The molecule has 0 aromatic carbocycles. The lowest BCUT2D eigenvalue weighted by Crippen LogP contribution is -2.44. The van der Waals surface area contributed by atoms with Crippen LogP contribution in [0.5, 0.6) is 0 Å². The summed E-state index contributed by atoms with van der Waals surface area (Å²) in [6, 6.07) is 5.19. The summed E-state index contributed by atoms with van der Waals surface area (Å²) in [5.74, 6) is 1.11. The summed E-state index contributed by atoms with van der Waals surface area (Å²) in [5, 5.41) is 3.47. The molecule has 92 valence electrons. The monoisotopic (exact) mass is 232 g/mol. The van der Waals surface area contributed by atoms with E-state index in [2.05, 4.69) is 27.3 Å². The number of nitrogens with one attached hydrogen (secondary N) is 1. The Morgan fingerprint density at radius 3 is 2.59 bits per heavy atom. The van der Waals surface area contributed by atoms with E-state index in [9.17, 15) is 0 Å². The van der Waals surface area contributed by atoms with Crippen molar-refractivity contribution in [3.63, 3.8) is 0 Å². The number of hydrogen-bond donors (Lipinski definition) is 2. The Balaban J connectivity index is 1.59. The van der Waals surface area contributed by atoms with Crippen molar-refractivity contribution in [1.82, 2.24) is 4.98 Å². The van der Waals surface area contributed by atoms with E-state index >= 15 is 0 Å². The molecule has 0 amide bonds. The molecule has 1 aromatic heterocycles. The maximum atomic E-state index is 5.77. The number of pyridine rings is 1. The summed E-state index contributed by atoms with van der Waals surface area (Å²) < 4.78 is 0. The molecule has 0 radical (unpaired) electrons. The van der Waals surface area contributed by atoms with E-state index in [1.165, 1.54) is 12.8 Å². The first-order valence-corrected chi connectivity index (χ1v) is 6.54. The molecule has 2 fully saturated rings. The molecule has 1 aromatic rings. The van der Waals surface area contributed by atoms with Crippen molar-refractivity contribution in [3.05, 3.63) is 18.3 Å². The molecule has 0 spiro atoms. The SMILES string of the molecule is NC1CC(Nc2ccc(N3CCCC3)nc2)C1. The largest absolute Gasteiger partial charge is 0.381 e. The fourth-order valence-electron chi connectivity index (χ4n) is 2.62. The van der Waals surface area contributed by atoms with Crippen LogP contribution in [-0.4, -0.2) is 30.2 Å². The minimum absolute atomic E-state index is 0.393. The summed E-state index contributed by atoms with van der Waals surface area (Å²) in [5.41, 5.74) is 6.88. The zero-order valence-corrected chi connectivity index (χ0v) is 10.1. The highest BCUT2D eigenvalue weighted by Gasteiger charge is 2.25. The van der Waals surface area contributed by atoms with E-state index in [0.717, 1.165) is 37.4 Å². The van der Waals surface area contributed by atoms with Crippen molar-refractivity contribution in [3.8, 4) is 0 Å². The summed E-state index contributed by atoms with van der Waals surface area (Å²) >= 11 is 0. The number of nitrogens with two attached hydrogens (primary N) is 1. The average Bonchev–Trinajstić information content (AvgIpc) is 2.81. The first-order chi connectivity index (χ1) is 8.31. The van der Waals surface area contributed by atoms with Crippen molar-refractivity contribution in [2.45, 2.75) is 37.8 Å². The predicted octanol–water partition coefficient (Wildman–Crippen LogP) is 1.58. The van der Waals surface area contributed by atoms with Crippen molar-refractivity contribution >= 4 is 11.5 Å². The van der Waals surface area contributed by atoms with E-state index in [4.69, 9.17) is 5.73 Å². The summed E-state index contributed by atoms with van der Waals surface area (Å²) in [4.78, 5) is 6.87. The third-order valence-electron chi connectivity index (χ3n) is 3.72. The van der Waals surface area contributed by atoms with E-state index < -0.39 is 0 Å². The molecular formula is C13H20N4. The Morgan fingerprint density at radius 2 is 2.00 bits per heavy atom. The third-order valence-corrected chi connectivity index (χ3v) is 3.72. The minimum Gasteiger partial charge on any atom is -0.381 e. The average molecular weight is 232 g/mol. The highest BCUT2D eigenvalue weighted by Crippen LogP contribution is 2.24. The highest BCUT2D eigenvalue weighted by molar-refractivity contribution is 5.49. The van der Waals surface area contributed by atoms with Crippen LogP contribution in [-0.2, 0) is 0 Å². The first kappa shape index (κ1) is 10.8. The molecule has 0 atom stereocenters. The maximum Gasteiger partial charge on any atom is 0.128 e. The van der Waals surface area contributed by atoms with Gasteiger partial charge in [-0.25, -0.2) is 4.98 Å². The summed E-state index contributed by atoms with van der Waals surface area (Å²) in [7, 11) is 0. The van der Waals surface area contributed by atoms with Crippen molar-refractivity contribution in [1.29, 1.82) is 0 Å². The van der Waals surface area contributed by atoms with Crippen LogP contribution < -0.4 is 16.0 Å². The molecule has 4 nitrogen and oxygen atoms in total. The van der Waals surface area contributed by atoms with Crippen LogP contribution in [0.1, 0.15) is 25.7 Å². The molecule has 2 heterocycles. The Morgan fingerprint density at radius 1 is 1.24 bits per heavy atom. The summed E-state index contributed by atoms with van der Waals surface area (Å²) in [6.45, 7) is 2.30. The lowest BCUT2D eigenvalue weighted by atomic mass is 9.87. The van der Waals surface area contributed by atoms with Gasteiger partial charge in [0.05, 0.1) is 11.9 Å². The Bertz CT molecular complexity index is 364. The summed E-state index contributed by atoms with van der Waals surface area (Å²) in [6.07, 6.45) is 6.68. The first-order valence-electron chi connectivity index (χ1n) is 6.54. The van der Waals surface area contributed by atoms with Gasteiger partial charge in [0, 0.05) is 25.2 Å². The Labute approximate surface area is 102 Å². The quantitative estimate of drug-likeness (QED) is 0.831. The van der Waals surface area contributed by atoms with Gasteiger partial charge in [-0.3, -0.25) is 0 Å². The second kappa shape index (κ2) is 4.53. The maximum absolute atomic E-state index is 5.77. The van der Waals surface area contributed by atoms with E-state index in [-0.39, 0.29) is 0 Å². The molecule has 17 heavy (non-hydrogen) atoms. The van der Waals surface area contributed by atoms with Gasteiger partial charge in [0.1, 0.15) is 5.82 Å². The normalized spacial score (nSPS) is 27.9. The van der Waals surface area contributed by atoms with Crippen molar-refractivity contribution < 1.29 is 0 Å². The van der Waals surface area contributed by atoms with E-state index in [0.29, 0.717) is 12.1 Å². The molecule has 1 aliphatic carbocycles. The van der Waals surface area contributed by atoms with Crippen molar-refractivity contribution in [2.75, 3.05) is 23.3 Å². The number of anilines is 2. The standard InChI is InChI=1S/C13H20N4/c14-10-7-12(8-10)16-11-3-4-13(15-9-11)17-5-1-2-6-17/h3-4,9-10,12,16H,1-2,5-8,14H2. The zero-order valence-electron chi connectivity index (χ0n) is 10.1. The van der Waals surface area contributed by atoms with Crippen molar-refractivity contribution in [2.24, 2.45) is 5.73 Å². The molecule has 1 aliphatic heterocycles. The van der Waals surface area contributed by atoms with Gasteiger partial charge in [0.25, 0.3) is 0 Å². The molecule has 2 aliphatic rings. The van der Waals surface area contributed by atoms with Crippen LogP contribution in [0.3, 0.4) is 0 Å². The van der Waals surface area contributed by atoms with Crippen LogP contribution in [0.4, 0.5) is 11.5 Å². The third kappa shape index (κ3) is 2.36.